The molecule has 1 saturated carbocycles. The Hall–Kier alpha value is -0.450. The summed E-state index contributed by atoms with van der Waals surface area (Å²) in [5.74, 6) is 0.00931. The van der Waals surface area contributed by atoms with E-state index in [0.29, 0.717) is 5.92 Å². The summed E-state index contributed by atoms with van der Waals surface area (Å²) in [6.45, 7) is 4.05. The highest BCUT2D eigenvalue weighted by Gasteiger charge is 2.50. The molecule has 1 saturated heterocycles. The Bertz CT molecular complexity index is 293. The largest absolute Gasteiger partial charge is 0.351 e. The molecular weight excluding hydrogens is 220 g/mol. The fraction of sp³-hybridized carbons (Fsp3) is 0.923. The Morgan fingerprint density at radius 2 is 2.06 bits per heavy atom. The van der Waals surface area contributed by atoms with Crippen LogP contribution in [-0.2, 0) is 19.3 Å². The Balaban J connectivity index is 2.23. The molecule has 0 unspecified atom stereocenters. The van der Waals surface area contributed by atoms with E-state index in [-0.39, 0.29) is 5.92 Å². The molecule has 0 N–H and O–H groups in total. The second-order valence-electron chi connectivity index (χ2n) is 5.59. The fourth-order valence-corrected chi connectivity index (χ4v) is 3.13. The zero-order chi connectivity index (χ0) is 12.5. The van der Waals surface area contributed by atoms with Crippen LogP contribution >= 0.6 is 0 Å². The van der Waals surface area contributed by atoms with Gasteiger partial charge in [-0.15, -0.1) is 0 Å². The van der Waals surface area contributed by atoms with Crippen LogP contribution in [0.25, 0.3) is 0 Å². The minimum atomic E-state index is -0.756. The molecule has 0 aromatic carbocycles. The molecule has 98 valence electrons. The molecule has 0 spiro atoms. The van der Waals surface area contributed by atoms with Crippen molar-refractivity contribution in [3.8, 4) is 0 Å². The van der Waals surface area contributed by atoms with E-state index in [1.54, 1.807) is 7.11 Å². The standard InChI is InChI=1S/C13H22O4/c1-10-5-4-7-13(9-14)11(10)6-8-12(2,15-3)16-17-13/h9-11H,4-8H2,1-3H3/t10-,11+,12-,13-/m1/s1. The molecule has 2 aliphatic rings. The molecular formula is C13H22O4. The van der Waals surface area contributed by atoms with Gasteiger partial charge in [-0.2, -0.15) is 0 Å². The zero-order valence-corrected chi connectivity index (χ0v) is 10.9. The third-order valence-corrected chi connectivity index (χ3v) is 4.46. The summed E-state index contributed by atoms with van der Waals surface area (Å²) in [7, 11) is 1.61. The van der Waals surface area contributed by atoms with E-state index >= 15 is 0 Å². The van der Waals surface area contributed by atoms with Crippen LogP contribution in [0.1, 0.15) is 46.0 Å². The predicted molar refractivity (Wildman–Crippen MR) is 62.1 cm³/mol. The summed E-state index contributed by atoms with van der Waals surface area (Å²) >= 11 is 0. The van der Waals surface area contributed by atoms with Gasteiger partial charge in [0.2, 0.25) is 0 Å². The first kappa shape index (κ1) is 13.0. The van der Waals surface area contributed by atoms with Crippen molar-refractivity contribution in [2.24, 2.45) is 11.8 Å². The Kier molecular flexibility index (Phi) is 3.57. The molecule has 0 amide bonds. The second-order valence-corrected chi connectivity index (χ2v) is 5.59. The van der Waals surface area contributed by atoms with Gasteiger partial charge in [0.25, 0.3) is 0 Å². The van der Waals surface area contributed by atoms with Crippen LogP contribution in [0, 0.1) is 11.8 Å². The van der Waals surface area contributed by atoms with Crippen LogP contribution in [0.3, 0.4) is 0 Å². The van der Waals surface area contributed by atoms with Gasteiger partial charge in [-0.1, -0.05) is 13.3 Å². The maximum Gasteiger partial charge on any atom is 0.198 e. The number of rotatable bonds is 2. The fourth-order valence-electron chi connectivity index (χ4n) is 3.13. The highest BCUT2D eigenvalue weighted by Crippen LogP contribution is 2.46. The van der Waals surface area contributed by atoms with Crippen molar-refractivity contribution in [1.29, 1.82) is 0 Å². The Morgan fingerprint density at radius 1 is 1.29 bits per heavy atom. The van der Waals surface area contributed by atoms with Gasteiger partial charge in [0.15, 0.2) is 17.7 Å². The molecule has 4 nitrogen and oxygen atoms in total. The van der Waals surface area contributed by atoms with E-state index in [1.165, 1.54) is 0 Å². The smallest absolute Gasteiger partial charge is 0.198 e. The lowest BCUT2D eigenvalue weighted by Gasteiger charge is -2.40. The average Bonchev–Trinajstić information content (AvgIpc) is 2.50. The lowest BCUT2D eigenvalue weighted by molar-refractivity contribution is -0.448. The molecule has 0 aromatic heterocycles. The second kappa shape index (κ2) is 4.67. The monoisotopic (exact) mass is 242 g/mol. The molecule has 0 radical (unpaired) electrons. The lowest BCUT2D eigenvalue weighted by atomic mass is 9.68. The van der Waals surface area contributed by atoms with Crippen molar-refractivity contribution < 1.29 is 19.3 Å². The van der Waals surface area contributed by atoms with Gasteiger partial charge >= 0.3 is 0 Å². The summed E-state index contributed by atoms with van der Waals surface area (Å²) in [5.41, 5.74) is -0.756. The number of hydrogen-bond donors (Lipinski definition) is 0. The first-order valence-corrected chi connectivity index (χ1v) is 6.43. The number of carbonyl (C=O) groups is 1. The average molecular weight is 242 g/mol. The van der Waals surface area contributed by atoms with Crippen molar-refractivity contribution in [3.05, 3.63) is 0 Å². The third-order valence-electron chi connectivity index (χ3n) is 4.46. The highest BCUT2D eigenvalue weighted by atomic mass is 17.2. The van der Waals surface area contributed by atoms with E-state index in [0.717, 1.165) is 38.4 Å². The molecule has 2 fully saturated rings. The number of ether oxygens (including phenoxy) is 1. The molecule has 0 aromatic rings. The molecule has 2 rings (SSSR count). The van der Waals surface area contributed by atoms with E-state index in [9.17, 15) is 4.79 Å². The summed E-state index contributed by atoms with van der Waals surface area (Å²) in [6.07, 6.45) is 5.54. The number of methoxy groups -OCH3 is 1. The number of carbonyl (C=O) groups excluding carboxylic acids is 1. The summed E-state index contributed by atoms with van der Waals surface area (Å²) in [6, 6.07) is 0. The van der Waals surface area contributed by atoms with E-state index in [2.05, 4.69) is 6.92 Å². The maximum absolute atomic E-state index is 11.5. The van der Waals surface area contributed by atoms with Crippen LogP contribution in [0.2, 0.25) is 0 Å². The Morgan fingerprint density at radius 3 is 2.71 bits per heavy atom. The number of aldehydes is 1. The van der Waals surface area contributed by atoms with Gasteiger partial charge in [0.05, 0.1) is 0 Å². The summed E-state index contributed by atoms with van der Waals surface area (Å²) in [4.78, 5) is 22.4. The van der Waals surface area contributed by atoms with Crippen molar-refractivity contribution in [2.45, 2.75) is 57.3 Å². The van der Waals surface area contributed by atoms with E-state index < -0.39 is 11.4 Å². The van der Waals surface area contributed by atoms with Gasteiger partial charge in [0.1, 0.15) is 0 Å². The van der Waals surface area contributed by atoms with E-state index in [1.807, 2.05) is 6.92 Å². The molecule has 4 atom stereocenters. The minimum Gasteiger partial charge on any atom is -0.351 e. The SMILES string of the molecule is CO[C@@]1(C)CC[C@H]2[C@H](C)CCC[C@]2(C=O)OO1. The van der Waals surface area contributed by atoms with Crippen LogP contribution in [0.5, 0.6) is 0 Å². The van der Waals surface area contributed by atoms with Crippen LogP contribution in [0.15, 0.2) is 0 Å². The molecule has 1 heterocycles. The molecule has 1 aliphatic carbocycles. The molecule has 0 bridgehead atoms. The first-order chi connectivity index (χ1) is 8.05. The van der Waals surface area contributed by atoms with Gasteiger partial charge in [-0.3, -0.25) is 4.79 Å². The maximum atomic E-state index is 11.5. The number of fused-ring (bicyclic) bond motifs is 1. The number of hydrogen-bond acceptors (Lipinski definition) is 4. The van der Waals surface area contributed by atoms with Gasteiger partial charge in [0, 0.05) is 19.4 Å². The lowest BCUT2D eigenvalue weighted by Crippen LogP contribution is -2.47. The van der Waals surface area contributed by atoms with Crippen LogP contribution < -0.4 is 0 Å². The quantitative estimate of drug-likeness (QED) is 0.551. The molecule has 17 heavy (non-hydrogen) atoms. The first-order valence-electron chi connectivity index (χ1n) is 6.43. The van der Waals surface area contributed by atoms with E-state index in [4.69, 9.17) is 14.5 Å². The van der Waals surface area contributed by atoms with Gasteiger partial charge in [-0.05, 0) is 32.1 Å². The van der Waals surface area contributed by atoms with Crippen LogP contribution in [0.4, 0.5) is 0 Å². The normalized spacial score (nSPS) is 47.0. The molecule has 1 aliphatic heterocycles. The van der Waals surface area contributed by atoms with Crippen molar-refractivity contribution in [3.63, 3.8) is 0 Å². The topological polar surface area (TPSA) is 44.8 Å². The van der Waals surface area contributed by atoms with Crippen molar-refractivity contribution in [2.75, 3.05) is 7.11 Å². The van der Waals surface area contributed by atoms with Crippen molar-refractivity contribution in [1.82, 2.24) is 0 Å². The van der Waals surface area contributed by atoms with Crippen molar-refractivity contribution >= 4 is 6.29 Å². The molecule has 4 heteroatoms. The predicted octanol–water partition coefficient (Wildman–Crippen LogP) is 2.46. The summed E-state index contributed by atoms with van der Waals surface area (Å²) < 4.78 is 5.33. The Labute approximate surface area is 103 Å². The summed E-state index contributed by atoms with van der Waals surface area (Å²) in [5, 5.41) is 0. The van der Waals surface area contributed by atoms with Gasteiger partial charge in [-0.25, -0.2) is 9.78 Å². The zero-order valence-electron chi connectivity index (χ0n) is 10.9. The van der Waals surface area contributed by atoms with Crippen LogP contribution in [-0.4, -0.2) is 24.8 Å². The van der Waals surface area contributed by atoms with Gasteiger partial charge < -0.3 is 4.74 Å². The highest BCUT2D eigenvalue weighted by molar-refractivity contribution is 5.63. The third kappa shape index (κ3) is 2.26. The minimum absolute atomic E-state index is 0.241.